The molecule has 28 heavy (non-hydrogen) atoms. The molecule has 0 aromatic heterocycles. The zero-order valence-electron chi connectivity index (χ0n) is 19.2. The van der Waals surface area contributed by atoms with E-state index in [9.17, 15) is 5.11 Å². The molecule has 0 atom stereocenters. The Morgan fingerprint density at radius 1 is 0.643 bits per heavy atom. The number of hydrogen-bond acceptors (Lipinski definition) is 4. The highest BCUT2D eigenvalue weighted by Crippen LogP contribution is 2.30. The summed E-state index contributed by atoms with van der Waals surface area (Å²) in [6, 6.07) is 4.36. The highest BCUT2D eigenvalue weighted by Gasteiger charge is 2.16. The second-order valence-electron chi connectivity index (χ2n) is 10.8. The zero-order chi connectivity index (χ0) is 21.6. The van der Waals surface area contributed by atoms with E-state index in [1.54, 1.807) is 0 Å². The van der Waals surface area contributed by atoms with E-state index in [0.29, 0.717) is 5.75 Å². The topological polar surface area (TPSA) is 98.3 Å². The van der Waals surface area contributed by atoms with E-state index >= 15 is 0 Å². The van der Waals surface area contributed by atoms with Gasteiger partial charge < -0.3 is 22.3 Å². The summed E-state index contributed by atoms with van der Waals surface area (Å²) in [5, 5.41) is 10.8. The van der Waals surface area contributed by atoms with Crippen LogP contribution in [0.1, 0.15) is 96.8 Å². The highest BCUT2D eigenvalue weighted by molar-refractivity contribution is 5.44. The first-order valence-electron chi connectivity index (χ1n) is 10.9. The molecule has 0 amide bonds. The Balaban J connectivity index is 2.91. The number of rotatable bonds is 12. The van der Waals surface area contributed by atoms with Crippen molar-refractivity contribution in [3.05, 3.63) is 28.8 Å². The van der Waals surface area contributed by atoms with Crippen LogP contribution in [0.5, 0.6) is 5.75 Å². The van der Waals surface area contributed by atoms with Gasteiger partial charge in [0.05, 0.1) is 0 Å². The van der Waals surface area contributed by atoms with Crippen molar-refractivity contribution in [1.29, 1.82) is 0 Å². The molecule has 0 radical (unpaired) electrons. The summed E-state index contributed by atoms with van der Waals surface area (Å²) in [6.45, 7) is 12.4. The van der Waals surface area contributed by atoms with Crippen LogP contribution in [0.25, 0.3) is 0 Å². The molecule has 1 aromatic rings. The van der Waals surface area contributed by atoms with Crippen molar-refractivity contribution < 1.29 is 5.11 Å². The van der Waals surface area contributed by atoms with Crippen molar-refractivity contribution in [2.75, 3.05) is 0 Å². The molecule has 0 spiro atoms. The Labute approximate surface area is 173 Å². The lowest BCUT2D eigenvalue weighted by Gasteiger charge is -2.21. The number of aromatic hydroxyl groups is 1. The van der Waals surface area contributed by atoms with Gasteiger partial charge in [0.15, 0.2) is 0 Å². The second-order valence-corrected chi connectivity index (χ2v) is 10.8. The highest BCUT2D eigenvalue weighted by atomic mass is 16.3. The first-order valence-corrected chi connectivity index (χ1v) is 10.9. The maximum absolute atomic E-state index is 10.8. The van der Waals surface area contributed by atoms with Crippen LogP contribution in [0.2, 0.25) is 0 Å². The SMILES string of the molecule is CC(C)(N)CCCc1cc(CCCC(C)(C)N)c(O)c(CCCC(C)(C)N)c1. The lowest BCUT2D eigenvalue weighted by Crippen LogP contribution is -2.31. The van der Waals surface area contributed by atoms with E-state index < -0.39 is 0 Å². The average Bonchev–Trinajstić information content (AvgIpc) is 2.47. The molecule has 1 rings (SSSR count). The number of nitrogens with two attached hydrogens (primary N) is 3. The van der Waals surface area contributed by atoms with Crippen molar-refractivity contribution in [1.82, 2.24) is 0 Å². The Bertz CT molecular complexity index is 563. The average molecular weight is 392 g/mol. The van der Waals surface area contributed by atoms with Crippen LogP contribution in [-0.2, 0) is 19.3 Å². The summed E-state index contributed by atoms with van der Waals surface area (Å²) in [5.74, 6) is 0.465. The van der Waals surface area contributed by atoms with Gasteiger partial charge in [-0.1, -0.05) is 12.1 Å². The predicted octanol–water partition coefficient (Wildman–Crippen LogP) is 4.57. The normalized spacial score (nSPS) is 13.2. The third-order valence-electron chi connectivity index (χ3n) is 5.15. The van der Waals surface area contributed by atoms with Crippen molar-refractivity contribution in [3.63, 3.8) is 0 Å². The smallest absolute Gasteiger partial charge is 0.121 e. The van der Waals surface area contributed by atoms with E-state index in [1.165, 1.54) is 5.56 Å². The summed E-state index contributed by atoms with van der Waals surface area (Å²) in [4.78, 5) is 0. The first kappa shape index (κ1) is 24.9. The standard InChI is InChI=1S/C24H45N3O/c1-22(2,25)13-7-10-18-16-19(11-8-14-23(3,4)26)21(28)20(17-18)12-9-15-24(5,6)27/h16-17,28H,7-15,25-27H2,1-6H3. The van der Waals surface area contributed by atoms with Crippen molar-refractivity contribution in [2.45, 2.75) is 116 Å². The minimum absolute atomic E-state index is 0.137. The molecule has 0 aliphatic heterocycles. The zero-order valence-corrected chi connectivity index (χ0v) is 19.2. The molecule has 0 aliphatic carbocycles. The number of phenols is 1. The third-order valence-corrected chi connectivity index (χ3v) is 5.15. The van der Waals surface area contributed by atoms with Gasteiger partial charge in [0.2, 0.25) is 0 Å². The molecule has 162 valence electrons. The van der Waals surface area contributed by atoms with E-state index in [1.807, 2.05) is 0 Å². The third kappa shape index (κ3) is 11.0. The van der Waals surface area contributed by atoms with Crippen LogP contribution < -0.4 is 17.2 Å². The fraction of sp³-hybridized carbons (Fsp3) is 0.750. The van der Waals surface area contributed by atoms with Crippen molar-refractivity contribution in [3.8, 4) is 5.75 Å². The van der Waals surface area contributed by atoms with Gasteiger partial charge in [0.25, 0.3) is 0 Å². The first-order chi connectivity index (χ1) is 12.7. The van der Waals surface area contributed by atoms with Gasteiger partial charge in [0, 0.05) is 16.6 Å². The second kappa shape index (κ2) is 10.1. The summed E-state index contributed by atoms with van der Waals surface area (Å²) in [7, 11) is 0. The summed E-state index contributed by atoms with van der Waals surface area (Å²) in [5.41, 5.74) is 21.3. The van der Waals surface area contributed by atoms with Crippen LogP contribution in [0.15, 0.2) is 12.1 Å². The molecular formula is C24H45N3O. The summed E-state index contributed by atoms with van der Waals surface area (Å²) in [6.07, 6.45) is 8.59. The molecule has 0 heterocycles. The van der Waals surface area contributed by atoms with Gasteiger partial charge in [0.1, 0.15) is 5.75 Å². The minimum Gasteiger partial charge on any atom is -0.507 e. The number of hydrogen-bond donors (Lipinski definition) is 4. The molecule has 0 saturated carbocycles. The van der Waals surface area contributed by atoms with E-state index in [4.69, 9.17) is 17.2 Å². The molecule has 0 fully saturated rings. The van der Waals surface area contributed by atoms with Crippen LogP contribution in [-0.4, -0.2) is 21.7 Å². The van der Waals surface area contributed by atoms with E-state index in [2.05, 4.69) is 53.7 Å². The largest absolute Gasteiger partial charge is 0.507 e. The molecule has 0 bridgehead atoms. The molecular weight excluding hydrogens is 346 g/mol. The quantitative estimate of drug-likeness (QED) is 0.419. The molecule has 4 nitrogen and oxygen atoms in total. The molecule has 1 aromatic carbocycles. The van der Waals surface area contributed by atoms with Gasteiger partial charge >= 0.3 is 0 Å². The predicted molar refractivity (Wildman–Crippen MR) is 122 cm³/mol. The number of benzene rings is 1. The van der Waals surface area contributed by atoms with Gasteiger partial charge in [-0.25, -0.2) is 0 Å². The molecule has 4 heteroatoms. The Kier molecular flexibility index (Phi) is 8.98. The van der Waals surface area contributed by atoms with Crippen molar-refractivity contribution >= 4 is 0 Å². The van der Waals surface area contributed by atoms with Gasteiger partial charge in [-0.05, 0) is 116 Å². The van der Waals surface area contributed by atoms with Crippen LogP contribution in [0, 0.1) is 0 Å². The van der Waals surface area contributed by atoms with Gasteiger partial charge in [-0.3, -0.25) is 0 Å². The fourth-order valence-electron chi connectivity index (χ4n) is 3.57. The number of phenolic OH excluding ortho intramolecular Hbond substituents is 1. The van der Waals surface area contributed by atoms with Crippen LogP contribution in [0.3, 0.4) is 0 Å². The Morgan fingerprint density at radius 3 is 1.29 bits per heavy atom. The summed E-state index contributed by atoms with van der Waals surface area (Å²) >= 11 is 0. The van der Waals surface area contributed by atoms with Crippen LogP contribution >= 0.6 is 0 Å². The minimum atomic E-state index is -0.171. The molecule has 7 N–H and O–H groups in total. The molecule has 0 aliphatic rings. The lowest BCUT2D eigenvalue weighted by atomic mass is 9.90. The molecule has 0 saturated heterocycles. The van der Waals surface area contributed by atoms with E-state index in [0.717, 1.165) is 68.9 Å². The maximum Gasteiger partial charge on any atom is 0.121 e. The van der Waals surface area contributed by atoms with Crippen LogP contribution in [0.4, 0.5) is 0 Å². The Hall–Kier alpha value is -1.10. The fourth-order valence-corrected chi connectivity index (χ4v) is 3.57. The molecule has 0 unspecified atom stereocenters. The Morgan fingerprint density at radius 2 is 0.964 bits per heavy atom. The van der Waals surface area contributed by atoms with Crippen molar-refractivity contribution in [2.24, 2.45) is 17.2 Å². The lowest BCUT2D eigenvalue weighted by molar-refractivity contribution is 0.434. The summed E-state index contributed by atoms with van der Waals surface area (Å²) < 4.78 is 0. The van der Waals surface area contributed by atoms with Gasteiger partial charge in [-0.2, -0.15) is 0 Å². The maximum atomic E-state index is 10.8. The monoisotopic (exact) mass is 391 g/mol. The van der Waals surface area contributed by atoms with E-state index in [-0.39, 0.29) is 16.6 Å². The van der Waals surface area contributed by atoms with Gasteiger partial charge in [-0.15, -0.1) is 0 Å². The number of aryl methyl sites for hydroxylation is 3.